The summed E-state index contributed by atoms with van der Waals surface area (Å²) in [6.45, 7) is 3.49. The molecule has 10 nitrogen and oxygen atoms in total. The predicted molar refractivity (Wildman–Crippen MR) is 252 cm³/mol. The molecular formula is C52H100O10. The van der Waals surface area contributed by atoms with Crippen LogP contribution in [0, 0.1) is 0 Å². The molecule has 1 rings (SSSR count). The monoisotopic (exact) mass is 885 g/mol. The molecule has 62 heavy (non-hydrogen) atoms. The highest BCUT2D eigenvalue weighted by Gasteiger charge is 2.44. The average molecular weight is 885 g/mol. The number of aliphatic hydroxyl groups is 4. The molecule has 1 saturated heterocycles. The van der Waals surface area contributed by atoms with Gasteiger partial charge in [-0.2, -0.15) is 0 Å². The molecule has 6 atom stereocenters. The van der Waals surface area contributed by atoms with Gasteiger partial charge in [-0.25, -0.2) is 0 Å². The van der Waals surface area contributed by atoms with Crippen molar-refractivity contribution in [2.75, 3.05) is 19.8 Å². The molecule has 368 valence electrons. The normalized spacial score (nSPS) is 19.5. The summed E-state index contributed by atoms with van der Waals surface area (Å²) in [6.07, 6.45) is 39.7. The molecule has 0 radical (unpaired) electrons. The quantitative estimate of drug-likeness (QED) is 0.0343. The van der Waals surface area contributed by atoms with Gasteiger partial charge in [-0.1, -0.05) is 239 Å². The van der Waals surface area contributed by atoms with Crippen LogP contribution in [-0.4, -0.2) is 89.0 Å². The highest BCUT2D eigenvalue weighted by Crippen LogP contribution is 2.23. The number of carbonyl (C=O) groups excluding carboxylic acids is 2. The second kappa shape index (κ2) is 43.6. The third-order valence-electron chi connectivity index (χ3n) is 12.7. The predicted octanol–water partition coefficient (Wildman–Crippen LogP) is 12.5. The number of esters is 2. The van der Waals surface area contributed by atoms with Crippen LogP contribution in [0.25, 0.3) is 0 Å². The number of hydrogen-bond acceptors (Lipinski definition) is 10. The van der Waals surface area contributed by atoms with Gasteiger partial charge in [0.05, 0.1) is 13.2 Å². The van der Waals surface area contributed by atoms with E-state index in [0.717, 1.165) is 38.5 Å². The zero-order valence-corrected chi connectivity index (χ0v) is 40.4. The Kier molecular flexibility index (Phi) is 41.3. The molecule has 0 saturated carbocycles. The van der Waals surface area contributed by atoms with E-state index in [2.05, 4.69) is 13.8 Å². The van der Waals surface area contributed by atoms with E-state index in [9.17, 15) is 30.0 Å². The molecule has 1 fully saturated rings. The first-order chi connectivity index (χ1) is 30.3. The Morgan fingerprint density at radius 2 is 0.758 bits per heavy atom. The largest absolute Gasteiger partial charge is 0.462 e. The molecule has 10 heteroatoms. The summed E-state index contributed by atoms with van der Waals surface area (Å²) in [6, 6.07) is 0. The number of ether oxygens (including phenoxy) is 4. The van der Waals surface area contributed by atoms with Gasteiger partial charge in [0.2, 0.25) is 0 Å². The van der Waals surface area contributed by atoms with Gasteiger partial charge < -0.3 is 39.4 Å². The highest BCUT2D eigenvalue weighted by atomic mass is 16.7. The molecule has 0 bridgehead atoms. The molecule has 4 N–H and O–H groups in total. The number of carbonyl (C=O) groups is 2. The molecule has 1 heterocycles. The van der Waals surface area contributed by atoms with Gasteiger partial charge in [0, 0.05) is 12.8 Å². The first-order valence-electron chi connectivity index (χ1n) is 26.6. The Morgan fingerprint density at radius 3 is 1.10 bits per heavy atom. The second-order valence-corrected chi connectivity index (χ2v) is 18.7. The number of hydrogen-bond donors (Lipinski definition) is 4. The van der Waals surface area contributed by atoms with E-state index in [1.165, 1.54) is 193 Å². The lowest BCUT2D eigenvalue weighted by atomic mass is 9.99. The Morgan fingerprint density at radius 1 is 0.435 bits per heavy atom. The van der Waals surface area contributed by atoms with Crippen LogP contribution in [0.5, 0.6) is 0 Å². The summed E-state index contributed by atoms with van der Waals surface area (Å²) in [5.74, 6) is -0.784. The zero-order valence-electron chi connectivity index (χ0n) is 40.4. The van der Waals surface area contributed by atoms with Gasteiger partial charge in [-0.3, -0.25) is 9.59 Å². The first-order valence-corrected chi connectivity index (χ1v) is 26.6. The Hall–Kier alpha value is -1.30. The van der Waals surface area contributed by atoms with E-state index in [1.807, 2.05) is 0 Å². The minimum absolute atomic E-state index is 0.208. The molecule has 0 aromatic rings. The second-order valence-electron chi connectivity index (χ2n) is 18.7. The molecule has 0 aromatic heterocycles. The summed E-state index contributed by atoms with van der Waals surface area (Å²) in [5, 5.41) is 40.2. The van der Waals surface area contributed by atoms with E-state index in [0.29, 0.717) is 6.42 Å². The van der Waals surface area contributed by atoms with Crippen LogP contribution in [-0.2, 0) is 28.5 Å². The standard InChI is InChI=1S/C52H100O10/c1-3-5-7-9-11-13-15-17-19-21-23-25-27-29-31-33-35-37-39-41-48(55)61-45(44-60-52-51(58)50(57)49(56)46(42-53)62-52)43-59-47(54)40-38-36-34-32-30-28-26-24-22-20-18-16-14-12-10-8-6-4-2/h45-46,49-53,56-58H,3-44H2,1-2H3. The number of unbranched alkanes of at least 4 members (excludes halogenated alkanes) is 35. The van der Waals surface area contributed by atoms with Crippen LogP contribution >= 0.6 is 0 Å². The van der Waals surface area contributed by atoms with Crippen LogP contribution < -0.4 is 0 Å². The smallest absolute Gasteiger partial charge is 0.306 e. The van der Waals surface area contributed by atoms with Crippen molar-refractivity contribution in [1.29, 1.82) is 0 Å². The van der Waals surface area contributed by atoms with E-state index < -0.39 is 49.4 Å². The minimum Gasteiger partial charge on any atom is -0.462 e. The Bertz CT molecular complexity index is 979. The maximum Gasteiger partial charge on any atom is 0.306 e. The van der Waals surface area contributed by atoms with Crippen LogP contribution in [0.4, 0.5) is 0 Å². The van der Waals surface area contributed by atoms with Gasteiger partial charge in [0.1, 0.15) is 31.0 Å². The third kappa shape index (κ3) is 34.1. The average Bonchev–Trinajstić information content (AvgIpc) is 3.27. The van der Waals surface area contributed by atoms with Gasteiger partial charge in [-0.15, -0.1) is 0 Å². The summed E-state index contributed by atoms with van der Waals surface area (Å²) in [5.41, 5.74) is 0. The third-order valence-corrected chi connectivity index (χ3v) is 12.7. The van der Waals surface area contributed by atoms with Crippen molar-refractivity contribution >= 4 is 11.9 Å². The maximum absolute atomic E-state index is 12.8. The van der Waals surface area contributed by atoms with E-state index in [4.69, 9.17) is 18.9 Å². The van der Waals surface area contributed by atoms with Crippen molar-refractivity contribution in [2.45, 2.75) is 301 Å². The van der Waals surface area contributed by atoms with Crippen LogP contribution in [0.1, 0.15) is 264 Å². The van der Waals surface area contributed by atoms with Crippen molar-refractivity contribution in [3.05, 3.63) is 0 Å². The van der Waals surface area contributed by atoms with E-state index in [1.54, 1.807) is 0 Å². The minimum atomic E-state index is -1.59. The van der Waals surface area contributed by atoms with Crippen molar-refractivity contribution in [1.82, 2.24) is 0 Å². The van der Waals surface area contributed by atoms with Crippen LogP contribution in [0.3, 0.4) is 0 Å². The van der Waals surface area contributed by atoms with Crippen LogP contribution in [0.2, 0.25) is 0 Å². The maximum atomic E-state index is 12.8. The molecule has 6 unspecified atom stereocenters. The SMILES string of the molecule is CCCCCCCCCCCCCCCCCCCCCC(=O)OC(COC(=O)CCCCCCCCCCCCCCCCCCCC)COC1OC(CO)C(O)C(O)C1O. The lowest BCUT2D eigenvalue weighted by molar-refractivity contribution is -0.305. The van der Waals surface area contributed by atoms with Gasteiger partial charge in [0.25, 0.3) is 0 Å². The highest BCUT2D eigenvalue weighted by molar-refractivity contribution is 5.70. The summed E-state index contributed by atoms with van der Waals surface area (Å²) in [4.78, 5) is 25.5. The van der Waals surface area contributed by atoms with Gasteiger partial charge >= 0.3 is 11.9 Å². The fraction of sp³-hybridized carbons (Fsp3) is 0.962. The summed E-state index contributed by atoms with van der Waals surface area (Å²) in [7, 11) is 0. The molecule has 0 aliphatic carbocycles. The molecular weight excluding hydrogens is 785 g/mol. The Balaban J connectivity index is 2.23. The van der Waals surface area contributed by atoms with Crippen LogP contribution in [0.15, 0.2) is 0 Å². The van der Waals surface area contributed by atoms with Crippen molar-refractivity contribution in [3.8, 4) is 0 Å². The molecule has 1 aliphatic heterocycles. The molecule has 0 amide bonds. The number of rotatable bonds is 46. The fourth-order valence-corrected chi connectivity index (χ4v) is 8.55. The van der Waals surface area contributed by atoms with E-state index in [-0.39, 0.29) is 32.0 Å². The zero-order chi connectivity index (χ0) is 45.1. The van der Waals surface area contributed by atoms with Gasteiger partial charge in [0.15, 0.2) is 12.4 Å². The molecule has 0 spiro atoms. The number of aliphatic hydroxyl groups excluding tert-OH is 4. The van der Waals surface area contributed by atoms with E-state index >= 15 is 0 Å². The lowest BCUT2D eigenvalue weighted by Gasteiger charge is -2.39. The molecule has 1 aliphatic rings. The van der Waals surface area contributed by atoms with Crippen molar-refractivity contribution in [2.24, 2.45) is 0 Å². The lowest BCUT2D eigenvalue weighted by Crippen LogP contribution is -2.59. The van der Waals surface area contributed by atoms with Crippen molar-refractivity contribution in [3.63, 3.8) is 0 Å². The summed E-state index contributed by atoms with van der Waals surface area (Å²) < 4.78 is 22.3. The fourth-order valence-electron chi connectivity index (χ4n) is 8.55. The van der Waals surface area contributed by atoms with Crippen molar-refractivity contribution < 1.29 is 49.0 Å². The molecule has 0 aromatic carbocycles. The Labute approximate surface area is 380 Å². The summed E-state index contributed by atoms with van der Waals surface area (Å²) >= 11 is 0. The van der Waals surface area contributed by atoms with Gasteiger partial charge in [-0.05, 0) is 12.8 Å². The topological polar surface area (TPSA) is 152 Å². The first kappa shape index (κ1) is 58.7.